The first-order valence-corrected chi connectivity index (χ1v) is 8.40. The highest BCUT2D eigenvalue weighted by Gasteiger charge is 2.16. The molecule has 0 bridgehead atoms. The number of halogens is 1. The zero-order valence-corrected chi connectivity index (χ0v) is 12.8. The van der Waals surface area contributed by atoms with Crippen LogP contribution in [0.5, 0.6) is 0 Å². The van der Waals surface area contributed by atoms with Gasteiger partial charge in [-0.15, -0.1) is 22.9 Å². The van der Waals surface area contributed by atoms with Crippen LogP contribution in [0, 0.1) is 0 Å². The van der Waals surface area contributed by atoms with Crippen LogP contribution >= 0.6 is 22.9 Å². The van der Waals surface area contributed by atoms with Crippen molar-refractivity contribution in [1.82, 2.24) is 9.88 Å². The van der Waals surface area contributed by atoms with Crippen LogP contribution in [0.3, 0.4) is 0 Å². The summed E-state index contributed by atoms with van der Waals surface area (Å²) in [6, 6.07) is 0.792. The minimum atomic E-state index is 0.537. The normalized spacial score (nSPS) is 18.2. The number of alkyl halides is 1. The van der Waals surface area contributed by atoms with E-state index in [1.54, 1.807) is 11.3 Å². The van der Waals surface area contributed by atoms with E-state index in [0.717, 1.165) is 24.7 Å². The summed E-state index contributed by atoms with van der Waals surface area (Å²) in [4.78, 5) is 7.06. The third-order valence-electron chi connectivity index (χ3n) is 3.86. The topological polar surface area (TPSA) is 16.1 Å². The van der Waals surface area contributed by atoms with Crippen molar-refractivity contribution in [2.75, 3.05) is 13.6 Å². The maximum Gasteiger partial charge on any atom is 0.0941 e. The van der Waals surface area contributed by atoms with E-state index < -0.39 is 0 Å². The maximum atomic E-state index is 5.78. The van der Waals surface area contributed by atoms with Gasteiger partial charge in [0, 0.05) is 24.4 Å². The van der Waals surface area contributed by atoms with E-state index in [1.807, 2.05) is 0 Å². The van der Waals surface area contributed by atoms with Gasteiger partial charge >= 0.3 is 0 Å². The summed E-state index contributed by atoms with van der Waals surface area (Å²) < 4.78 is 0. The number of hydrogen-bond acceptors (Lipinski definition) is 3. The van der Waals surface area contributed by atoms with E-state index in [2.05, 4.69) is 22.3 Å². The second-order valence-electron chi connectivity index (χ2n) is 5.24. The molecule has 0 atom stereocenters. The van der Waals surface area contributed by atoms with Crippen LogP contribution in [-0.4, -0.2) is 29.5 Å². The summed E-state index contributed by atoms with van der Waals surface area (Å²) in [5.41, 5.74) is 1.02. The Morgan fingerprint density at radius 1 is 1.33 bits per heavy atom. The van der Waals surface area contributed by atoms with E-state index in [1.165, 1.54) is 43.5 Å². The van der Waals surface area contributed by atoms with Crippen LogP contribution in [0.25, 0.3) is 0 Å². The molecule has 0 unspecified atom stereocenters. The summed E-state index contributed by atoms with van der Waals surface area (Å²) in [6.45, 7) is 1.12. The van der Waals surface area contributed by atoms with Crippen LogP contribution in [0.2, 0.25) is 0 Å². The lowest BCUT2D eigenvalue weighted by Crippen LogP contribution is -2.32. The molecular weight excluding hydrogens is 264 g/mol. The Bertz CT molecular complexity index is 345. The van der Waals surface area contributed by atoms with Gasteiger partial charge in [0.1, 0.15) is 0 Å². The van der Waals surface area contributed by atoms with Gasteiger partial charge in [0.25, 0.3) is 0 Å². The van der Waals surface area contributed by atoms with E-state index >= 15 is 0 Å². The predicted molar refractivity (Wildman–Crippen MR) is 79.5 cm³/mol. The smallest absolute Gasteiger partial charge is 0.0941 e. The first-order chi connectivity index (χ1) is 8.79. The number of nitrogens with zero attached hydrogens (tertiary/aromatic N) is 2. The zero-order valence-electron chi connectivity index (χ0n) is 11.2. The van der Waals surface area contributed by atoms with Crippen molar-refractivity contribution in [3.05, 3.63) is 16.1 Å². The molecule has 1 heterocycles. The van der Waals surface area contributed by atoms with Gasteiger partial charge in [-0.3, -0.25) is 0 Å². The van der Waals surface area contributed by atoms with Crippen LogP contribution in [0.4, 0.5) is 0 Å². The summed E-state index contributed by atoms with van der Waals surface area (Å²) in [5, 5.41) is 3.31. The molecule has 102 valence electrons. The molecule has 2 rings (SSSR count). The lowest BCUT2D eigenvalue weighted by atomic mass is 10.1. The van der Waals surface area contributed by atoms with Gasteiger partial charge in [-0.1, -0.05) is 25.7 Å². The molecular formula is C14H23ClN2S. The van der Waals surface area contributed by atoms with Gasteiger partial charge in [0.05, 0.1) is 16.6 Å². The molecule has 1 aromatic rings. The quantitative estimate of drug-likeness (QED) is 0.599. The lowest BCUT2D eigenvalue weighted by molar-refractivity contribution is 0.223. The number of thiazole rings is 1. The molecule has 0 aromatic carbocycles. The first kappa shape index (κ1) is 14.3. The lowest BCUT2D eigenvalue weighted by Gasteiger charge is -2.26. The Kier molecular flexibility index (Phi) is 5.93. The fourth-order valence-corrected chi connectivity index (χ4v) is 3.69. The van der Waals surface area contributed by atoms with Crippen LogP contribution in [0.1, 0.15) is 49.2 Å². The van der Waals surface area contributed by atoms with Crippen LogP contribution in [0.15, 0.2) is 5.38 Å². The summed E-state index contributed by atoms with van der Waals surface area (Å²) in [5.74, 6) is 0.537. The third-order valence-corrected chi connectivity index (χ3v) is 5.09. The molecule has 1 aliphatic carbocycles. The van der Waals surface area contributed by atoms with E-state index in [-0.39, 0.29) is 0 Å². The average molecular weight is 287 g/mol. The minimum absolute atomic E-state index is 0.537. The molecule has 0 aliphatic heterocycles. The van der Waals surface area contributed by atoms with E-state index in [9.17, 15) is 0 Å². The molecule has 0 radical (unpaired) electrons. The Morgan fingerprint density at radius 2 is 2.06 bits per heavy atom. The Morgan fingerprint density at radius 3 is 2.67 bits per heavy atom. The van der Waals surface area contributed by atoms with Crippen molar-refractivity contribution in [2.24, 2.45) is 0 Å². The highest BCUT2D eigenvalue weighted by molar-refractivity contribution is 7.09. The SMILES string of the molecule is CN(CCc1nc(CCl)cs1)C1CCCCCC1. The fraction of sp³-hybridized carbons (Fsp3) is 0.786. The molecule has 0 saturated heterocycles. The molecule has 18 heavy (non-hydrogen) atoms. The first-order valence-electron chi connectivity index (χ1n) is 6.99. The number of rotatable bonds is 5. The summed E-state index contributed by atoms with van der Waals surface area (Å²) in [6.07, 6.45) is 9.48. The van der Waals surface area contributed by atoms with Crippen molar-refractivity contribution < 1.29 is 0 Å². The second-order valence-corrected chi connectivity index (χ2v) is 6.45. The highest BCUT2D eigenvalue weighted by Crippen LogP contribution is 2.21. The van der Waals surface area contributed by atoms with Gasteiger partial charge < -0.3 is 4.90 Å². The van der Waals surface area contributed by atoms with Gasteiger partial charge in [-0.05, 0) is 19.9 Å². The molecule has 4 heteroatoms. The minimum Gasteiger partial charge on any atom is -0.303 e. The maximum absolute atomic E-state index is 5.78. The van der Waals surface area contributed by atoms with Crippen molar-refractivity contribution >= 4 is 22.9 Å². The molecule has 0 amide bonds. The van der Waals surface area contributed by atoms with Crippen LogP contribution < -0.4 is 0 Å². The van der Waals surface area contributed by atoms with Gasteiger partial charge in [-0.25, -0.2) is 4.98 Å². The summed E-state index contributed by atoms with van der Waals surface area (Å²) >= 11 is 7.52. The van der Waals surface area contributed by atoms with Crippen LogP contribution in [-0.2, 0) is 12.3 Å². The van der Waals surface area contributed by atoms with Crippen molar-refractivity contribution in [2.45, 2.75) is 56.9 Å². The Labute approximate surface area is 119 Å². The van der Waals surface area contributed by atoms with Gasteiger partial charge in [0.15, 0.2) is 0 Å². The number of aromatic nitrogens is 1. The third kappa shape index (κ3) is 4.22. The molecule has 1 saturated carbocycles. The summed E-state index contributed by atoms with van der Waals surface area (Å²) in [7, 11) is 2.27. The Balaban J connectivity index is 1.77. The molecule has 0 N–H and O–H groups in total. The molecule has 0 spiro atoms. The number of likely N-dealkylation sites (N-methyl/N-ethyl adjacent to an activating group) is 1. The molecule has 1 aliphatic rings. The zero-order chi connectivity index (χ0) is 12.8. The van der Waals surface area contributed by atoms with Crippen molar-refractivity contribution in [3.8, 4) is 0 Å². The molecule has 1 fully saturated rings. The van der Waals surface area contributed by atoms with Gasteiger partial charge in [0.2, 0.25) is 0 Å². The molecule has 2 nitrogen and oxygen atoms in total. The molecule has 1 aromatic heterocycles. The predicted octanol–water partition coefficient (Wildman–Crippen LogP) is 4.08. The average Bonchev–Trinajstić information content (AvgIpc) is 2.68. The standard InChI is InChI=1S/C14H23ClN2S/c1-17(13-6-4-2-3-5-7-13)9-8-14-16-12(10-15)11-18-14/h11,13H,2-10H2,1H3. The Hall–Kier alpha value is -0.120. The highest BCUT2D eigenvalue weighted by atomic mass is 35.5. The second kappa shape index (κ2) is 7.46. The van der Waals surface area contributed by atoms with Crippen molar-refractivity contribution in [3.63, 3.8) is 0 Å². The van der Waals surface area contributed by atoms with E-state index in [0.29, 0.717) is 5.88 Å². The van der Waals surface area contributed by atoms with Crippen molar-refractivity contribution in [1.29, 1.82) is 0 Å². The number of hydrogen-bond donors (Lipinski definition) is 0. The van der Waals surface area contributed by atoms with Gasteiger partial charge in [-0.2, -0.15) is 0 Å². The van der Waals surface area contributed by atoms with E-state index in [4.69, 9.17) is 11.6 Å². The largest absolute Gasteiger partial charge is 0.303 e. The fourth-order valence-electron chi connectivity index (χ4n) is 2.68. The monoisotopic (exact) mass is 286 g/mol.